The molecule has 0 radical (unpaired) electrons. The molecule has 0 heterocycles. The Hall–Kier alpha value is -2.44. The molecule has 0 spiro atoms. The number of benzene rings is 2. The van der Waals surface area contributed by atoms with Crippen LogP contribution in [0.3, 0.4) is 0 Å². The lowest BCUT2D eigenvalue weighted by Gasteiger charge is -2.17. The van der Waals surface area contributed by atoms with E-state index in [2.05, 4.69) is 15.0 Å². The van der Waals surface area contributed by atoms with E-state index in [9.17, 15) is 17.6 Å². The maximum atomic E-state index is 12.4. The molecule has 2 aromatic carbocycles. The van der Waals surface area contributed by atoms with Crippen molar-refractivity contribution < 1.29 is 22.3 Å². The molecular formula is C15H12F4N2O. The fourth-order valence-electron chi connectivity index (χ4n) is 1.57. The number of nitrogens with zero attached hydrogens (tertiary/aromatic N) is 2. The minimum Gasteiger partial charge on any atom is -0.478 e. The van der Waals surface area contributed by atoms with Gasteiger partial charge in [-0.25, -0.2) is 17.6 Å². The molecule has 0 saturated carbocycles. The van der Waals surface area contributed by atoms with E-state index in [4.69, 9.17) is 0 Å². The van der Waals surface area contributed by atoms with E-state index in [1.807, 2.05) is 6.07 Å². The number of ether oxygens (including phenoxy) is 1. The molecule has 0 N–H and O–H groups in total. The molecule has 0 aliphatic carbocycles. The molecule has 2 aromatic rings. The van der Waals surface area contributed by atoms with Gasteiger partial charge in [0.1, 0.15) is 5.75 Å². The third-order valence-electron chi connectivity index (χ3n) is 2.64. The third-order valence-corrected chi connectivity index (χ3v) is 2.64. The summed E-state index contributed by atoms with van der Waals surface area (Å²) < 4.78 is 54.1. The number of azo groups is 1. The van der Waals surface area contributed by atoms with Crippen LogP contribution in [0.4, 0.5) is 28.9 Å². The zero-order chi connectivity index (χ0) is 15.9. The average molecular weight is 312 g/mol. The number of hydrogen-bond donors (Lipinski definition) is 0. The maximum Gasteiger partial charge on any atom is 0.280 e. The highest BCUT2D eigenvalue weighted by Crippen LogP contribution is 2.24. The Labute approximate surface area is 124 Å². The predicted molar refractivity (Wildman–Crippen MR) is 73.5 cm³/mol. The molecular weight excluding hydrogens is 300 g/mol. The Morgan fingerprint density at radius 2 is 1.18 bits per heavy atom. The zero-order valence-electron chi connectivity index (χ0n) is 11.2. The summed E-state index contributed by atoms with van der Waals surface area (Å²) in [5, 5.41) is 7.91. The van der Waals surface area contributed by atoms with E-state index >= 15 is 0 Å². The molecule has 116 valence electrons. The SMILES string of the molecule is FC(F)C(Oc1ccc(/N=N/c2ccccc2)cc1)C(F)F. The Morgan fingerprint density at radius 1 is 0.682 bits per heavy atom. The van der Waals surface area contributed by atoms with Gasteiger partial charge in [-0.15, -0.1) is 0 Å². The van der Waals surface area contributed by atoms with E-state index in [-0.39, 0.29) is 5.75 Å². The summed E-state index contributed by atoms with van der Waals surface area (Å²) in [7, 11) is 0. The lowest BCUT2D eigenvalue weighted by molar-refractivity contribution is -0.0763. The highest BCUT2D eigenvalue weighted by molar-refractivity contribution is 5.42. The van der Waals surface area contributed by atoms with Gasteiger partial charge in [-0.1, -0.05) is 18.2 Å². The van der Waals surface area contributed by atoms with Crippen molar-refractivity contribution in [2.24, 2.45) is 10.2 Å². The molecule has 0 amide bonds. The predicted octanol–water partition coefficient (Wildman–Crippen LogP) is 5.38. The van der Waals surface area contributed by atoms with Crippen molar-refractivity contribution in [3.63, 3.8) is 0 Å². The molecule has 0 fully saturated rings. The van der Waals surface area contributed by atoms with Crippen LogP contribution in [-0.4, -0.2) is 19.0 Å². The molecule has 0 aliphatic rings. The van der Waals surface area contributed by atoms with Gasteiger partial charge in [0, 0.05) is 0 Å². The van der Waals surface area contributed by atoms with Gasteiger partial charge in [-0.2, -0.15) is 10.2 Å². The van der Waals surface area contributed by atoms with Crippen molar-refractivity contribution in [2.75, 3.05) is 0 Å². The third kappa shape index (κ3) is 4.54. The fourth-order valence-corrected chi connectivity index (χ4v) is 1.57. The van der Waals surface area contributed by atoms with Gasteiger partial charge in [0.25, 0.3) is 12.9 Å². The van der Waals surface area contributed by atoms with Crippen molar-refractivity contribution in [1.82, 2.24) is 0 Å². The van der Waals surface area contributed by atoms with Crippen LogP contribution in [0.25, 0.3) is 0 Å². The first-order valence-corrected chi connectivity index (χ1v) is 6.36. The summed E-state index contributed by atoms with van der Waals surface area (Å²) in [6.07, 6.45) is -8.98. The lowest BCUT2D eigenvalue weighted by Crippen LogP contribution is -2.32. The minimum absolute atomic E-state index is 0.0794. The number of hydrogen-bond acceptors (Lipinski definition) is 3. The Balaban J connectivity index is 2.02. The second-order valence-electron chi connectivity index (χ2n) is 4.28. The second kappa shape index (κ2) is 7.53. The van der Waals surface area contributed by atoms with Crippen molar-refractivity contribution in [2.45, 2.75) is 19.0 Å². The highest BCUT2D eigenvalue weighted by Gasteiger charge is 2.32. The van der Waals surface area contributed by atoms with Gasteiger partial charge in [-0.3, -0.25) is 0 Å². The summed E-state index contributed by atoms with van der Waals surface area (Å²) >= 11 is 0. The Bertz CT molecular complexity index is 595. The topological polar surface area (TPSA) is 34.0 Å². The van der Waals surface area contributed by atoms with Crippen LogP contribution in [0.5, 0.6) is 5.75 Å². The second-order valence-corrected chi connectivity index (χ2v) is 4.28. The Morgan fingerprint density at radius 3 is 1.68 bits per heavy atom. The average Bonchev–Trinajstić information content (AvgIpc) is 2.52. The summed E-state index contributed by atoms with van der Waals surface area (Å²) in [5.41, 5.74) is 1.10. The van der Waals surface area contributed by atoms with Gasteiger partial charge in [0.15, 0.2) is 0 Å². The van der Waals surface area contributed by atoms with Gasteiger partial charge in [0.2, 0.25) is 6.10 Å². The van der Waals surface area contributed by atoms with E-state index in [0.717, 1.165) is 0 Å². The number of rotatable bonds is 6. The first kappa shape index (κ1) is 15.9. The van der Waals surface area contributed by atoms with E-state index in [0.29, 0.717) is 11.4 Å². The van der Waals surface area contributed by atoms with Crippen molar-refractivity contribution in [1.29, 1.82) is 0 Å². The Kier molecular flexibility index (Phi) is 5.46. The summed E-state index contributed by atoms with van der Waals surface area (Å²) in [5.74, 6) is -0.0794. The van der Waals surface area contributed by atoms with Crippen LogP contribution in [0.15, 0.2) is 64.8 Å². The molecule has 7 heteroatoms. The highest BCUT2D eigenvalue weighted by atomic mass is 19.3. The summed E-state index contributed by atoms with van der Waals surface area (Å²) in [6.45, 7) is 0. The van der Waals surface area contributed by atoms with Gasteiger partial charge >= 0.3 is 0 Å². The van der Waals surface area contributed by atoms with Crippen LogP contribution < -0.4 is 4.74 Å². The van der Waals surface area contributed by atoms with Gasteiger partial charge in [0.05, 0.1) is 11.4 Å². The van der Waals surface area contributed by atoms with Crippen LogP contribution in [0, 0.1) is 0 Å². The summed E-state index contributed by atoms with van der Waals surface area (Å²) in [6, 6.07) is 14.4. The van der Waals surface area contributed by atoms with Crippen molar-refractivity contribution in [3.05, 3.63) is 54.6 Å². The van der Waals surface area contributed by atoms with Gasteiger partial charge in [-0.05, 0) is 36.4 Å². The molecule has 0 atom stereocenters. The molecule has 2 rings (SSSR count). The number of halogens is 4. The van der Waals surface area contributed by atoms with E-state index < -0.39 is 19.0 Å². The fraction of sp³-hybridized carbons (Fsp3) is 0.200. The van der Waals surface area contributed by atoms with Gasteiger partial charge < -0.3 is 4.74 Å². The maximum absolute atomic E-state index is 12.4. The monoisotopic (exact) mass is 312 g/mol. The molecule has 0 aliphatic heterocycles. The summed E-state index contributed by atoms with van der Waals surface area (Å²) in [4.78, 5) is 0. The molecule has 0 bridgehead atoms. The first-order valence-electron chi connectivity index (χ1n) is 6.36. The first-order chi connectivity index (χ1) is 10.6. The quantitative estimate of drug-likeness (QED) is 0.521. The standard InChI is InChI=1S/C15H12F4N2O/c16-14(17)13(15(18)19)22-12-8-6-11(7-9-12)21-20-10-4-2-1-3-5-10/h1-9,13-15H/b21-20+. The van der Waals surface area contributed by atoms with Crippen LogP contribution >= 0.6 is 0 Å². The van der Waals surface area contributed by atoms with Crippen LogP contribution in [0.1, 0.15) is 0 Å². The normalized spacial score (nSPS) is 11.8. The molecule has 0 aromatic heterocycles. The molecule has 0 unspecified atom stereocenters. The van der Waals surface area contributed by atoms with Crippen LogP contribution in [-0.2, 0) is 0 Å². The molecule has 0 saturated heterocycles. The van der Waals surface area contributed by atoms with Crippen LogP contribution in [0.2, 0.25) is 0 Å². The van der Waals surface area contributed by atoms with E-state index in [1.165, 1.54) is 24.3 Å². The number of alkyl halides is 4. The zero-order valence-corrected chi connectivity index (χ0v) is 11.2. The van der Waals surface area contributed by atoms with E-state index in [1.54, 1.807) is 24.3 Å². The largest absolute Gasteiger partial charge is 0.478 e. The minimum atomic E-state index is -3.27. The van der Waals surface area contributed by atoms with Crippen molar-refractivity contribution in [3.8, 4) is 5.75 Å². The lowest BCUT2D eigenvalue weighted by atomic mass is 10.3. The molecule has 22 heavy (non-hydrogen) atoms. The van der Waals surface area contributed by atoms with Crippen molar-refractivity contribution >= 4 is 11.4 Å². The molecule has 3 nitrogen and oxygen atoms in total. The smallest absolute Gasteiger partial charge is 0.280 e.